The molecule has 0 aliphatic carbocycles. The second-order valence-corrected chi connectivity index (χ2v) is 5.00. The topological polar surface area (TPSA) is 58.4 Å². The van der Waals surface area contributed by atoms with Crippen LogP contribution in [0.3, 0.4) is 0 Å². The van der Waals surface area contributed by atoms with Gasteiger partial charge in [-0.15, -0.1) is 0 Å². The van der Waals surface area contributed by atoms with Gasteiger partial charge in [0.2, 0.25) is 5.91 Å². The molecule has 3 N–H and O–H groups in total. The van der Waals surface area contributed by atoms with Crippen LogP contribution in [-0.4, -0.2) is 37.0 Å². The smallest absolute Gasteiger partial charge is 0.241 e. The molecular formula is C14H21N3O. The van der Waals surface area contributed by atoms with Gasteiger partial charge in [-0.1, -0.05) is 30.3 Å². The van der Waals surface area contributed by atoms with Gasteiger partial charge in [0.15, 0.2) is 0 Å². The first kappa shape index (κ1) is 13.1. The highest BCUT2D eigenvalue weighted by molar-refractivity contribution is 5.83. The van der Waals surface area contributed by atoms with Crippen LogP contribution in [0, 0.1) is 0 Å². The molecule has 1 aromatic carbocycles. The van der Waals surface area contributed by atoms with Gasteiger partial charge < -0.3 is 16.0 Å². The third-order valence-corrected chi connectivity index (χ3v) is 3.41. The minimum absolute atomic E-state index is 0.0819. The molecule has 1 unspecified atom stereocenters. The van der Waals surface area contributed by atoms with Gasteiger partial charge in [0, 0.05) is 12.6 Å². The maximum Gasteiger partial charge on any atom is 0.241 e. The third-order valence-electron chi connectivity index (χ3n) is 3.41. The lowest BCUT2D eigenvalue weighted by Crippen LogP contribution is -2.48. The van der Waals surface area contributed by atoms with Gasteiger partial charge in [0.25, 0.3) is 0 Å². The van der Waals surface area contributed by atoms with Crippen molar-refractivity contribution in [1.82, 2.24) is 10.2 Å². The van der Waals surface area contributed by atoms with Crippen LogP contribution in [0.25, 0.3) is 0 Å². The van der Waals surface area contributed by atoms with E-state index in [1.165, 1.54) is 0 Å². The summed E-state index contributed by atoms with van der Waals surface area (Å²) in [5, 5.41) is 3.04. The van der Waals surface area contributed by atoms with E-state index in [0.29, 0.717) is 0 Å². The van der Waals surface area contributed by atoms with Crippen molar-refractivity contribution in [2.75, 3.05) is 20.1 Å². The summed E-state index contributed by atoms with van der Waals surface area (Å²) in [5.41, 5.74) is 6.83. The standard InChI is InChI=1S/C14H21N3O/c1-17-9-5-8-12(10-17)16-14(18)13(15)11-6-3-2-4-7-11/h2-4,6-7,12-13H,5,8-10,15H2,1H3,(H,16,18)/t12?,13-/m0/s1. The molecule has 1 saturated heterocycles. The predicted octanol–water partition coefficient (Wildman–Crippen LogP) is 0.897. The second-order valence-electron chi connectivity index (χ2n) is 5.00. The van der Waals surface area contributed by atoms with Crippen molar-refractivity contribution in [1.29, 1.82) is 0 Å². The zero-order chi connectivity index (χ0) is 13.0. The molecule has 1 amide bonds. The zero-order valence-electron chi connectivity index (χ0n) is 10.8. The molecule has 4 nitrogen and oxygen atoms in total. The van der Waals surface area contributed by atoms with Crippen LogP contribution in [0.2, 0.25) is 0 Å². The lowest BCUT2D eigenvalue weighted by atomic mass is 10.0. The van der Waals surface area contributed by atoms with Crippen LogP contribution in [0.1, 0.15) is 24.4 Å². The number of likely N-dealkylation sites (tertiary alicyclic amines) is 1. The number of carbonyl (C=O) groups excluding carboxylic acids is 1. The lowest BCUT2D eigenvalue weighted by molar-refractivity contribution is -0.123. The van der Waals surface area contributed by atoms with Crippen LogP contribution < -0.4 is 11.1 Å². The summed E-state index contributed by atoms with van der Waals surface area (Å²) in [7, 11) is 2.08. The number of hydrogen-bond acceptors (Lipinski definition) is 3. The molecule has 4 heteroatoms. The van der Waals surface area contributed by atoms with E-state index >= 15 is 0 Å². The van der Waals surface area contributed by atoms with E-state index < -0.39 is 6.04 Å². The lowest BCUT2D eigenvalue weighted by Gasteiger charge is -2.30. The molecular weight excluding hydrogens is 226 g/mol. The molecule has 0 aromatic heterocycles. The summed E-state index contributed by atoms with van der Waals surface area (Å²) in [6.07, 6.45) is 2.17. The van der Waals surface area contributed by atoms with Crippen molar-refractivity contribution in [2.24, 2.45) is 5.73 Å². The molecule has 0 bridgehead atoms. The van der Waals surface area contributed by atoms with E-state index in [-0.39, 0.29) is 11.9 Å². The maximum atomic E-state index is 12.1. The molecule has 1 heterocycles. The van der Waals surface area contributed by atoms with Crippen molar-refractivity contribution in [3.8, 4) is 0 Å². The fourth-order valence-electron chi connectivity index (χ4n) is 2.39. The molecule has 1 aliphatic rings. The maximum absolute atomic E-state index is 12.1. The zero-order valence-corrected chi connectivity index (χ0v) is 10.8. The number of nitrogens with zero attached hydrogens (tertiary/aromatic N) is 1. The Hall–Kier alpha value is -1.39. The molecule has 1 aliphatic heterocycles. The summed E-state index contributed by atoms with van der Waals surface area (Å²) in [6.45, 7) is 2.02. The van der Waals surface area contributed by atoms with Gasteiger partial charge in [-0.2, -0.15) is 0 Å². The van der Waals surface area contributed by atoms with Crippen LogP contribution >= 0.6 is 0 Å². The van der Waals surface area contributed by atoms with Gasteiger partial charge in [-0.05, 0) is 32.0 Å². The molecule has 1 fully saturated rings. The van der Waals surface area contributed by atoms with Gasteiger partial charge in [-0.25, -0.2) is 0 Å². The number of hydrogen-bond donors (Lipinski definition) is 2. The molecule has 0 radical (unpaired) electrons. The largest absolute Gasteiger partial charge is 0.350 e. The highest BCUT2D eigenvalue weighted by Crippen LogP contribution is 2.12. The average Bonchev–Trinajstić information content (AvgIpc) is 2.39. The quantitative estimate of drug-likeness (QED) is 0.834. The number of amides is 1. The van der Waals surface area contributed by atoms with Crippen molar-refractivity contribution in [2.45, 2.75) is 24.9 Å². The van der Waals surface area contributed by atoms with Crippen molar-refractivity contribution in [3.63, 3.8) is 0 Å². The number of rotatable bonds is 3. The first-order chi connectivity index (χ1) is 8.66. The Kier molecular flexibility index (Phi) is 4.33. The number of piperidine rings is 1. The average molecular weight is 247 g/mol. The fraction of sp³-hybridized carbons (Fsp3) is 0.500. The van der Waals surface area contributed by atoms with E-state index in [4.69, 9.17) is 5.73 Å². The van der Waals surface area contributed by atoms with Crippen LogP contribution in [-0.2, 0) is 4.79 Å². The molecule has 18 heavy (non-hydrogen) atoms. The Morgan fingerprint density at radius 2 is 2.17 bits per heavy atom. The summed E-state index contributed by atoms with van der Waals surface area (Å²) in [4.78, 5) is 14.3. The van der Waals surface area contributed by atoms with Crippen LogP contribution in [0.5, 0.6) is 0 Å². The van der Waals surface area contributed by atoms with Crippen LogP contribution in [0.4, 0.5) is 0 Å². The van der Waals surface area contributed by atoms with E-state index in [1.807, 2.05) is 30.3 Å². The number of likely N-dealkylation sites (N-methyl/N-ethyl adjacent to an activating group) is 1. The minimum atomic E-state index is -0.571. The summed E-state index contributed by atoms with van der Waals surface area (Å²) < 4.78 is 0. The molecule has 2 atom stereocenters. The highest BCUT2D eigenvalue weighted by Gasteiger charge is 2.22. The Balaban J connectivity index is 1.91. The normalized spacial score (nSPS) is 22.4. The van der Waals surface area contributed by atoms with E-state index in [1.54, 1.807) is 0 Å². The van der Waals surface area contributed by atoms with Crippen molar-refractivity contribution < 1.29 is 4.79 Å². The second kappa shape index (κ2) is 5.98. The van der Waals surface area contributed by atoms with E-state index in [9.17, 15) is 4.79 Å². The molecule has 1 aromatic rings. The Morgan fingerprint density at radius 1 is 1.44 bits per heavy atom. The van der Waals surface area contributed by atoms with Crippen molar-refractivity contribution in [3.05, 3.63) is 35.9 Å². The predicted molar refractivity (Wildman–Crippen MR) is 72.0 cm³/mol. The summed E-state index contributed by atoms with van der Waals surface area (Å²) >= 11 is 0. The van der Waals surface area contributed by atoms with E-state index in [2.05, 4.69) is 17.3 Å². The highest BCUT2D eigenvalue weighted by atomic mass is 16.2. The molecule has 98 valence electrons. The molecule has 0 saturated carbocycles. The van der Waals surface area contributed by atoms with Gasteiger partial charge in [-0.3, -0.25) is 4.79 Å². The van der Waals surface area contributed by atoms with Gasteiger partial charge in [0.05, 0.1) is 0 Å². The monoisotopic (exact) mass is 247 g/mol. The fourth-order valence-corrected chi connectivity index (χ4v) is 2.39. The Morgan fingerprint density at radius 3 is 2.83 bits per heavy atom. The van der Waals surface area contributed by atoms with Gasteiger partial charge >= 0.3 is 0 Å². The van der Waals surface area contributed by atoms with Gasteiger partial charge in [0.1, 0.15) is 6.04 Å². The van der Waals surface area contributed by atoms with E-state index in [0.717, 1.165) is 31.5 Å². The summed E-state index contributed by atoms with van der Waals surface area (Å²) in [6, 6.07) is 9.15. The first-order valence-corrected chi connectivity index (χ1v) is 6.46. The number of carbonyl (C=O) groups is 1. The Bertz CT molecular complexity index is 393. The third kappa shape index (κ3) is 3.31. The first-order valence-electron chi connectivity index (χ1n) is 6.46. The number of benzene rings is 1. The molecule has 0 spiro atoms. The number of nitrogens with two attached hydrogens (primary N) is 1. The number of nitrogens with one attached hydrogen (secondary N) is 1. The van der Waals surface area contributed by atoms with Crippen molar-refractivity contribution >= 4 is 5.91 Å². The SMILES string of the molecule is CN1CCCC(NC(=O)[C@@H](N)c2ccccc2)C1. The minimum Gasteiger partial charge on any atom is -0.350 e. The molecule has 2 rings (SSSR count). The van der Waals surface area contributed by atoms with Crippen LogP contribution in [0.15, 0.2) is 30.3 Å². The Labute approximate surface area is 108 Å². The summed E-state index contributed by atoms with van der Waals surface area (Å²) in [5.74, 6) is -0.0819.